The number of carbonyl (C=O) groups excluding carboxylic acids is 1. The van der Waals surface area contributed by atoms with Crippen LogP contribution in [0.2, 0.25) is 0 Å². The summed E-state index contributed by atoms with van der Waals surface area (Å²) < 4.78 is 0. The van der Waals surface area contributed by atoms with Gasteiger partial charge in [0.05, 0.1) is 21.7 Å². The van der Waals surface area contributed by atoms with Gasteiger partial charge in [-0.1, -0.05) is 12.1 Å². The number of aryl methyl sites for hydroxylation is 1. The predicted molar refractivity (Wildman–Crippen MR) is 115 cm³/mol. The van der Waals surface area contributed by atoms with E-state index in [0.717, 1.165) is 28.1 Å². The summed E-state index contributed by atoms with van der Waals surface area (Å²) in [5.41, 5.74) is 3.40. The molecular weight excluding hydrogens is 382 g/mol. The lowest BCUT2D eigenvalue weighted by Gasteiger charge is -2.35. The van der Waals surface area contributed by atoms with Gasteiger partial charge in [0, 0.05) is 44.4 Å². The molecule has 0 atom stereocenters. The third kappa shape index (κ3) is 4.12. The summed E-state index contributed by atoms with van der Waals surface area (Å²) in [4.78, 5) is 36.2. The third-order valence-electron chi connectivity index (χ3n) is 5.13. The van der Waals surface area contributed by atoms with Gasteiger partial charge in [-0.05, 0) is 42.8 Å². The minimum atomic E-state index is -0.445. The van der Waals surface area contributed by atoms with E-state index in [2.05, 4.69) is 9.88 Å². The van der Waals surface area contributed by atoms with E-state index in [-0.39, 0.29) is 11.6 Å². The summed E-state index contributed by atoms with van der Waals surface area (Å²) in [6, 6.07) is 13.9. The zero-order valence-corrected chi connectivity index (χ0v) is 16.6. The van der Waals surface area contributed by atoms with Crippen molar-refractivity contribution in [2.75, 3.05) is 31.1 Å². The van der Waals surface area contributed by atoms with Gasteiger partial charge in [-0.3, -0.25) is 14.9 Å². The average molecular weight is 403 g/mol. The second kappa shape index (κ2) is 8.28. The Balaban J connectivity index is 1.39. The number of carbonyl (C=O) groups is 1. The number of benzene rings is 2. The van der Waals surface area contributed by atoms with E-state index in [9.17, 15) is 14.9 Å². The highest BCUT2D eigenvalue weighted by molar-refractivity contribution is 5.92. The Bertz CT molecular complexity index is 1120. The Labute approximate surface area is 173 Å². The number of para-hydroxylation sites is 2. The molecule has 0 unspecified atom stereocenters. The molecule has 0 spiro atoms. The molecule has 1 aliphatic heterocycles. The predicted octanol–water partition coefficient (Wildman–Crippen LogP) is 3.21. The average Bonchev–Trinajstić information content (AvgIpc) is 2.77. The van der Waals surface area contributed by atoms with E-state index < -0.39 is 4.92 Å². The maximum absolute atomic E-state index is 12.5. The number of fused-ring (bicyclic) bond motifs is 1. The minimum absolute atomic E-state index is 0.0293. The van der Waals surface area contributed by atoms with Gasteiger partial charge < -0.3 is 9.80 Å². The van der Waals surface area contributed by atoms with Crippen molar-refractivity contribution in [3.8, 4) is 0 Å². The van der Waals surface area contributed by atoms with Crippen LogP contribution < -0.4 is 4.90 Å². The fourth-order valence-corrected chi connectivity index (χ4v) is 3.50. The number of nitro groups is 1. The first-order valence-corrected chi connectivity index (χ1v) is 9.71. The highest BCUT2D eigenvalue weighted by atomic mass is 16.6. The molecule has 0 aliphatic carbocycles. The molecule has 0 saturated carbocycles. The van der Waals surface area contributed by atoms with Crippen LogP contribution in [0.5, 0.6) is 0 Å². The van der Waals surface area contributed by atoms with Crippen molar-refractivity contribution in [3.63, 3.8) is 0 Å². The van der Waals surface area contributed by atoms with Crippen LogP contribution in [0.25, 0.3) is 17.1 Å². The first-order valence-electron chi connectivity index (χ1n) is 9.71. The van der Waals surface area contributed by atoms with Crippen molar-refractivity contribution in [1.82, 2.24) is 14.9 Å². The van der Waals surface area contributed by atoms with E-state index >= 15 is 0 Å². The van der Waals surface area contributed by atoms with E-state index in [1.165, 1.54) is 18.2 Å². The highest BCUT2D eigenvalue weighted by Gasteiger charge is 2.22. The van der Waals surface area contributed by atoms with Gasteiger partial charge in [0.15, 0.2) is 5.82 Å². The number of nitrogens with zero attached hydrogens (tertiary/aromatic N) is 5. The molecule has 8 heteroatoms. The smallest absolute Gasteiger partial charge is 0.269 e. The number of amides is 1. The number of nitro benzene ring substituents is 1. The fraction of sp³-hybridized carbons (Fsp3) is 0.227. The molecule has 1 fully saturated rings. The van der Waals surface area contributed by atoms with Crippen LogP contribution >= 0.6 is 0 Å². The van der Waals surface area contributed by atoms with Crippen molar-refractivity contribution < 1.29 is 9.72 Å². The molecule has 1 amide bonds. The summed E-state index contributed by atoms with van der Waals surface area (Å²) in [6.07, 6.45) is 3.19. The lowest BCUT2D eigenvalue weighted by atomic mass is 10.2. The van der Waals surface area contributed by atoms with Crippen LogP contribution in [-0.2, 0) is 4.79 Å². The maximum atomic E-state index is 12.5. The van der Waals surface area contributed by atoms with Crippen LogP contribution in [0.3, 0.4) is 0 Å². The fourth-order valence-electron chi connectivity index (χ4n) is 3.50. The molecule has 8 nitrogen and oxygen atoms in total. The van der Waals surface area contributed by atoms with Gasteiger partial charge in [-0.15, -0.1) is 0 Å². The number of piperazine rings is 1. The summed E-state index contributed by atoms with van der Waals surface area (Å²) in [5, 5.41) is 10.7. The van der Waals surface area contributed by atoms with Crippen molar-refractivity contribution in [2.45, 2.75) is 6.92 Å². The van der Waals surface area contributed by atoms with Gasteiger partial charge in [-0.2, -0.15) is 0 Å². The zero-order valence-electron chi connectivity index (χ0n) is 16.6. The van der Waals surface area contributed by atoms with Gasteiger partial charge in [0.1, 0.15) is 0 Å². The molecule has 0 radical (unpaired) electrons. The molecular formula is C22H21N5O3. The van der Waals surface area contributed by atoms with Crippen LogP contribution in [-0.4, -0.2) is 51.9 Å². The molecule has 152 valence electrons. The number of hydrogen-bond acceptors (Lipinski definition) is 6. The summed E-state index contributed by atoms with van der Waals surface area (Å²) in [5.74, 6) is 0.788. The lowest BCUT2D eigenvalue weighted by molar-refractivity contribution is -0.384. The minimum Gasteiger partial charge on any atom is -0.352 e. The van der Waals surface area contributed by atoms with Gasteiger partial charge in [-0.25, -0.2) is 9.97 Å². The Hall–Kier alpha value is -3.81. The molecule has 0 bridgehead atoms. The van der Waals surface area contributed by atoms with Gasteiger partial charge in [0.2, 0.25) is 5.91 Å². The molecule has 3 aromatic rings. The Morgan fingerprint density at radius 1 is 1.00 bits per heavy atom. The number of non-ortho nitro benzene ring substituents is 1. The molecule has 2 heterocycles. The Morgan fingerprint density at radius 3 is 2.27 bits per heavy atom. The van der Waals surface area contributed by atoms with Gasteiger partial charge in [0.25, 0.3) is 5.69 Å². The van der Waals surface area contributed by atoms with Crippen LogP contribution in [0.1, 0.15) is 11.3 Å². The van der Waals surface area contributed by atoms with Crippen molar-refractivity contribution >= 4 is 34.5 Å². The second-order valence-corrected chi connectivity index (χ2v) is 7.12. The topological polar surface area (TPSA) is 92.5 Å². The molecule has 4 rings (SSSR count). The second-order valence-electron chi connectivity index (χ2n) is 7.12. The summed E-state index contributed by atoms with van der Waals surface area (Å²) in [7, 11) is 0. The van der Waals surface area contributed by atoms with Crippen LogP contribution in [0.15, 0.2) is 54.6 Å². The summed E-state index contributed by atoms with van der Waals surface area (Å²) >= 11 is 0. The van der Waals surface area contributed by atoms with Gasteiger partial charge >= 0.3 is 0 Å². The van der Waals surface area contributed by atoms with Crippen LogP contribution in [0.4, 0.5) is 11.5 Å². The largest absolute Gasteiger partial charge is 0.352 e. The SMILES string of the molecule is Cc1nc2ccccc2nc1N1CCN(C(=O)/C=C/c2ccc([N+](=O)[O-])cc2)CC1. The number of anilines is 1. The van der Waals surface area contributed by atoms with E-state index in [4.69, 9.17) is 4.98 Å². The number of rotatable bonds is 4. The van der Waals surface area contributed by atoms with E-state index in [1.54, 1.807) is 23.1 Å². The van der Waals surface area contributed by atoms with Crippen LogP contribution in [0, 0.1) is 17.0 Å². The third-order valence-corrected chi connectivity index (χ3v) is 5.13. The monoisotopic (exact) mass is 403 g/mol. The van der Waals surface area contributed by atoms with Crippen molar-refractivity contribution in [2.24, 2.45) is 0 Å². The van der Waals surface area contributed by atoms with Crippen molar-refractivity contribution in [3.05, 3.63) is 76.0 Å². The molecule has 1 aromatic heterocycles. The summed E-state index contributed by atoms with van der Waals surface area (Å²) in [6.45, 7) is 4.52. The van der Waals surface area contributed by atoms with E-state index in [1.807, 2.05) is 31.2 Å². The maximum Gasteiger partial charge on any atom is 0.269 e. The Morgan fingerprint density at radius 2 is 1.63 bits per heavy atom. The first-order chi connectivity index (χ1) is 14.5. The van der Waals surface area contributed by atoms with Crippen molar-refractivity contribution in [1.29, 1.82) is 0 Å². The number of aromatic nitrogens is 2. The quantitative estimate of drug-likeness (QED) is 0.377. The normalized spacial score (nSPS) is 14.4. The molecule has 2 aromatic carbocycles. The number of hydrogen-bond donors (Lipinski definition) is 0. The van der Waals surface area contributed by atoms with E-state index in [0.29, 0.717) is 26.2 Å². The molecule has 30 heavy (non-hydrogen) atoms. The Kier molecular flexibility index (Phi) is 5.38. The molecule has 0 N–H and O–H groups in total. The zero-order chi connectivity index (χ0) is 21.1. The standard InChI is InChI=1S/C22H21N5O3/c1-16-22(24-20-5-3-2-4-19(20)23-16)26-14-12-25(13-15-26)21(28)11-8-17-6-9-18(10-7-17)27(29)30/h2-11H,12-15H2,1H3/b11-8+. The first kappa shape index (κ1) is 19.5. The molecule has 1 aliphatic rings. The lowest BCUT2D eigenvalue weighted by Crippen LogP contribution is -2.48. The highest BCUT2D eigenvalue weighted by Crippen LogP contribution is 2.21. The molecule has 1 saturated heterocycles.